The highest BCUT2D eigenvalue weighted by atomic mass is 79.9. The highest BCUT2D eigenvalue weighted by molar-refractivity contribution is 9.10. The zero-order chi connectivity index (χ0) is 41.1. The molecule has 1 heterocycles. The molecule has 6 aromatic carbocycles. The topological polar surface area (TPSA) is 138 Å². The molecule has 0 bridgehead atoms. The van der Waals surface area contributed by atoms with Gasteiger partial charge < -0.3 is 43.6 Å². The van der Waals surface area contributed by atoms with Crippen LogP contribution in [0.3, 0.4) is 0 Å². The van der Waals surface area contributed by atoms with Gasteiger partial charge in [-0.1, -0.05) is 113 Å². The van der Waals surface area contributed by atoms with Gasteiger partial charge in [0.05, 0.1) is 26.4 Å². The monoisotopic (exact) mass is 842 g/mol. The Bertz CT molecular complexity index is 2160. The highest BCUT2D eigenvalue weighted by Gasteiger charge is 2.13. The first-order valence-corrected chi connectivity index (χ1v) is 19.3. The summed E-state index contributed by atoms with van der Waals surface area (Å²) in [7, 11) is 0.372. The van der Waals surface area contributed by atoms with Gasteiger partial charge in [-0.3, -0.25) is 0 Å². The van der Waals surface area contributed by atoms with Crippen LogP contribution in [0.5, 0.6) is 0 Å². The number of nitrogens with zero attached hydrogens (tertiary/aromatic N) is 2. The molecular formula is C45H45B2BrN2O8. The lowest BCUT2D eigenvalue weighted by Crippen LogP contribution is -2.29. The summed E-state index contributed by atoms with van der Waals surface area (Å²) >= 11 is 3.47. The Hall–Kier alpha value is -5.34. The molecule has 58 heavy (non-hydrogen) atoms. The molecule has 0 aliphatic heterocycles. The predicted octanol–water partition coefficient (Wildman–Crippen LogP) is 7.24. The van der Waals surface area contributed by atoms with E-state index in [2.05, 4.69) is 98.6 Å². The number of anilines is 3. The van der Waals surface area contributed by atoms with E-state index in [1.165, 1.54) is 0 Å². The van der Waals surface area contributed by atoms with Gasteiger partial charge in [0.25, 0.3) is 0 Å². The van der Waals surface area contributed by atoms with Crippen LogP contribution in [-0.4, -0.2) is 80.0 Å². The van der Waals surface area contributed by atoms with Crippen molar-refractivity contribution >= 4 is 81.4 Å². The van der Waals surface area contributed by atoms with Crippen LogP contribution >= 0.6 is 15.9 Å². The summed E-state index contributed by atoms with van der Waals surface area (Å²) in [5, 5.41) is 35.9. The first-order valence-electron chi connectivity index (χ1n) is 18.5. The number of rotatable bonds is 14. The van der Waals surface area contributed by atoms with Crippen LogP contribution in [0.15, 0.2) is 161 Å². The van der Waals surface area contributed by atoms with Crippen LogP contribution in [0.1, 0.15) is 11.5 Å². The first-order chi connectivity index (χ1) is 28.2. The lowest BCUT2D eigenvalue weighted by Gasteiger charge is -2.25. The second-order valence-corrected chi connectivity index (χ2v) is 13.6. The molecule has 0 amide bonds. The van der Waals surface area contributed by atoms with Crippen molar-refractivity contribution in [2.75, 3.05) is 45.5 Å². The molecule has 0 aliphatic rings. The van der Waals surface area contributed by atoms with Crippen LogP contribution in [0, 0.1) is 0 Å². The maximum atomic E-state index is 8.98. The van der Waals surface area contributed by atoms with Gasteiger partial charge in [-0.25, -0.2) is 4.98 Å². The average Bonchev–Trinajstić information content (AvgIpc) is 3.67. The van der Waals surface area contributed by atoms with E-state index in [1.807, 2.05) is 42.5 Å². The fourth-order valence-electron chi connectivity index (χ4n) is 5.58. The third-order valence-electron chi connectivity index (χ3n) is 8.58. The minimum atomic E-state index is -1.47. The van der Waals surface area contributed by atoms with Crippen LogP contribution in [0.2, 0.25) is 0 Å². The number of aromatic nitrogens is 1. The van der Waals surface area contributed by atoms with E-state index in [0.29, 0.717) is 43.2 Å². The van der Waals surface area contributed by atoms with Crippen molar-refractivity contribution in [2.45, 2.75) is 0 Å². The van der Waals surface area contributed by atoms with Crippen molar-refractivity contribution < 1.29 is 38.7 Å². The molecule has 7 aromatic rings. The average molecular weight is 843 g/mol. The fraction of sp³-hybridized carbons (Fsp3) is 0.133. The largest absolute Gasteiger partial charge is 0.488 e. The number of hydrogen-bond acceptors (Lipinski definition) is 10. The van der Waals surface area contributed by atoms with Gasteiger partial charge in [-0.05, 0) is 88.3 Å². The third kappa shape index (κ3) is 13.4. The van der Waals surface area contributed by atoms with Crippen molar-refractivity contribution in [3.63, 3.8) is 0 Å². The van der Waals surface area contributed by atoms with Gasteiger partial charge in [-0.2, -0.15) is 0 Å². The van der Waals surface area contributed by atoms with Gasteiger partial charge in [0.2, 0.25) is 5.89 Å². The summed E-state index contributed by atoms with van der Waals surface area (Å²) in [4.78, 5) is 6.76. The molecule has 0 aliphatic carbocycles. The summed E-state index contributed by atoms with van der Waals surface area (Å²) in [6, 6.07) is 48.7. The summed E-state index contributed by atoms with van der Waals surface area (Å²) in [6.07, 6.45) is 3.91. The summed E-state index contributed by atoms with van der Waals surface area (Å²) in [6.45, 7) is 2.62. The molecular weight excluding hydrogens is 798 g/mol. The number of hydrogen-bond donors (Lipinski definition) is 4. The zero-order valence-electron chi connectivity index (χ0n) is 32.3. The number of fused-ring (bicyclic) bond motifs is 1. The first kappa shape index (κ1) is 43.8. The van der Waals surface area contributed by atoms with Crippen LogP contribution < -0.4 is 15.8 Å². The smallest absolute Gasteiger partial charge is 0.437 e. The van der Waals surface area contributed by atoms with Crippen molar-refractivity contribution in [3.05, 3.63) is 168 Å². The van der Waals surface area contributed by atoms with Crippen LogP contribution in [0.25, 0.3) is 34.4 Å². The maximum Gasteiger partial charge on any atom is 0.488 e. The van der Waals surface area contributed by atoms with Crippen molar-refractivity contribution in [2.24, 2.45) is 0 Å². The predicted molar refractivity (Wildman–Crippen MR) is 238 cm³/mol. The molecule has 296 valence electrons. The third-order valence-corrected chi connectivity index (χ3v) is 9.07. The number of ether oxygens (including phenoxy) is 3. The lowest BCUT2D eigenvalue weighted by molar-refractivity contribution is 0.0385. The molecule has 0 fully saturated rings. The van der Waals surface area contributed by atoms with Crippen LogP contribution in [0.4, 0.5) is 17.1 Å². The van der Waals surface area contributed by atoms with Crippen molar-refractivity contribution in [1.29, 1.82) is 0 Å². The van der Waals surface area contributed by atoms with Gasteiger partial charge in [0.15, 0.2) is 5.58 Å². The van der Waals surface area contributed by atoms with Crippen LogP contribution in [-0.2, 0) is 14.2 Å². The van der Waals surface area contributed by atoms with Gasteiger partial charge in [0.1, 0.15) is 5.52 Å². The van der Waals surface area contributed by atoms with E-state index in [4.69, 9.17) is 38.7 Å². The van der Waals surface area contributed by atoms with E-state index < -0.39 is 14.2 Å². The van der Waals surface area contributed by atoms with E-state index in [0.717, 1.165) is 49.3 Å². The molecule has 0 atom stereocenters. The van der Waals surface area contributed by atoms with Gasteiger partial charge in [0, 0.05) is 41.8 Å². The number of oxazole rings is 1. The van der Waals surface area contributed by atoms with E-state index >= 15 is 0 Å². The quantitative estimate of drug-likeness (QED) is 0.0656. The normalized spacial score (nSPS) is 10.7. The van der Waals surface area contributed by atoms with Crippen molar-refractivity contribution in [3.8, 4) is 11.1 Å². The SMILES string of the molecule is Brc1ccc2oc(C=Cc3ccc(N(c4ccccc4)c4ccccc4)cc3)nc2c1.COCCOCCOC.OB(O)c1ccc(-c2ccc(B(O)O)cc2)cc1. The summed E-state index contributed by atoms with van der Waals surface area (Å²) in [5.41, 5.74) is 8.73. The molecule has 0 radical (unpaired) electrons. The molecule has 10 nitrogen and oxygen atoms in total. The van der Waals surface area contributed by atoms with Gasteiger partial charge >= 0.3 is 14.2 Å². The Kier molecular flexibility index (Phi) is 17.5. The molecule has 1 aromatic heterocycles. The summed E-state index contributed by atoms with van der Waals surface area (Å²) in [5.74, 6) is 0.590. The van der Waals surface area contributed by atoms with E-state index in [-0.39, 0.29) is 0 Å². The van der Waals surface area contributed by atoms with E-state index in [9.17, 15) is 0 Å². The fourth-order valence-corrected chi connectivity index (χ4v) is 5.92. The minimum absolute atomic E-state index is 0.432. The minimum Gasteiger partial charge on any atom is -0.437 e. The Morgan fingerprint density at radius 3 is 1.53 bits per heavy atom. The van der Waals surface area contributed by atoms with E-state index in [1.54, 1.807) is 62.8 Å². The molecule has 7 rings (SSSR count). The lowest BCUT2D eigenvalue weighted by atomic mass is 9.78. The van der Waals surface area contributed by atoms with Gasteiger partial charge in [-0.15, -0.1) is 0 Å². The molecule has 0 spiro atoms. The number of benzene rings is 6. The summed E-state index contributed by atoms with van der Waals surface area (Å²) < 4.78 is 21.4. The Labute approximate surface area is 348 Å². The molecule has 0 saturated carbocycles. The maximum absolute atomic E-state index is 8.98. The zero-order valence-corrected chi connectivity index (χ0v) is 33.9. The Balaban J connectivity index is 0.000000200. The second-order valence-electron chi connectivity index (χ2n) is 12.7. The molecule has 4 N–H and O–H groups in total. The Morgan fingerprint density at radius 1 is 0.586 bits per heavy atom. The number of halogens is 1. The molecule has 0 unspecified atom stereocenters. The Morgan fingerprint density at radius 2 is 1.07 bits per heavy atom. The second kappa shape index (κ2) is 23.2. The molecule has 0 saturated heterocycles. The van der Waals surface area contributed by atoms with Crippen molar-refractivity contribution in [1.82, 2.24) is 4.98 Å². The highest BCUT2D eigenvalue weighted by Crippen LogP contribution is 2.34. The standard InChI is InChI=1S/C27H19BrN2O.C12H12B2O4.C6H14O3/c28-21-14-17-26-25(19-21)29-27(31-26)18-13-20-11-15-24(16-12-20)30(22-7-3-1-4-8-22)23-9-5-2-6-10-23;15-13(16)11-5-1-9(2-6-11)10-3-7-12(8-4-10)14(17)18;1-7-3-5-9-6-4-8-2/h1-19H;1-8,15-18H;3-6H2,1-2H3. The number of methoxy groups -OCH3 is 2. The molecule has 13 heteroatoms. The number of para-hydroxylation sites is 2.